The van der Waals surface area contributed by atoms with E-state index in [4.69, 9.17) is 0 Å². The first kappa shape index (κ1) is 7.51. The molecule has 66 valence electrons. The van der Waals surface area contributed by atoms with Gasteiger partial charge in [-0.15, -0.1) is 11.3 Å². The van der Waals surface area contributed by atoms with Crippen molar-refractivity contribution in [1.29, 1.82) is 0 Å². The minimum Gasteiger partial charge on any atom is -0.242 e. The van der Waals surface area contributed by atoms with E-state index in [0.717, 1.165) is 0 Å². The lowest BCUT2D eigenvalue weighted by atomic mass is 10.1. The Morgan fingerprint density at radius 1 is 1.31 bits per heavy atom. The van der Waals surface area contributed by atoms with Crippen molar-refractivity contribution in [3.05, 3.63) is 28.3 Å². The van der Waals surface area contributed by atoms with Crippen molar-refractivity contribution in [1.82, 2.24) is 4.98 Å². The normalized spacial score (nSPS) is 15.2. The van der Waals surface area contributed by atoms with Crippen LogP contribution in [0.15, 0.2) is 12.1 Å². The number of thiazole rings is 1. The molecular weight excluding hydrogens is 178 g/mol. The van der Waals surface area contributed by atoms with Gasteiger partial charge in [0.1, 0.15) is 0 Å². The van der Waals surface area contributed by atoms with Gasteiger partial charge in [0.15, 0.2) is 0 Å². The van der Waals surface area contributed by atoms with Crippen LogP contribution >= 0.6 is 11.3 Å². The lowest BCUT2D eigenvalue weighted by molar-refractivity contribution is 0.914. The Balaban J connectivity index is 2.42. The van der Waals surface area contributed by atoms with E-state index in [1.54, 1.807) is 11.1 Å². The highest BCUT2D eigenvalue weighted by Gasteiger charge is 2.15. The van der Waals surface area contributed by atoms with Gasteiger partial charge in [-0.05, 0) is 43.4 Å². The van der Waals surface area contributed by atoms with Crippen LogP contribution in [0, 0.1) is 6.92 Å². The molecule has 0 N–H and O–H groups in total. The first-order chi connectivity index (χ1) is 6.34. The molecule has 0 spiro atoms. The summed E-state index contributed by atoms with van der Waals surface area (Å²) in [6.45, 7) is 2.09. The quantitative estimate of drug-likeness (QED) is 0.620. The first-order valence-electron chi connectivity index (χ1n) is 4.72. The zero-order chi connectivity index (χ0) is 8.84. The molecule has 0 atom stereocenters. The second-order valence-corrected chi connectivity index (χ2v) is 4.84. The van der Waals surface area contributed by atoms with Crippen LogP contribution in [0.1, 0.15) is 22.6 Å². The molecular formula is C11H11NS. The highest BCUT2D eigenvalue weighted by molar-refractivity contribution is 7.18. The van der Waals surface area contributed by atoms with Crippen molar-refractivity contribution < 1.29 is 0 Å². The first-order valence-corrected chi connectivity index (χ1v) is 5.54. The predicted molar refractivity (Wildman–Crippen MR) is 56.4 cm³/mol. The standard InChI is InChI=1S/C11H11NS/c1-7-12-10-6-5-8-3-2-4-9(8)11(10)13-7/h5-6H,2-4H2,1H3. The summed E-state index contributed by atoms with van der Waals surface area (Å²) in [5.74, 6) is 0. The molecule has 2 aromatic rings. The lowest BCUT2D eigenvalue weighted by Gasteiger charge is -1.97. The van der Waals surface area contributed by atoms with Crippen LogP contribution < -0.4 is 0 Å². The van der Waals surface area contributed by atoms with Crippen LogP contribution in [0.5, 0.6) is 0 Å². The van der Waals surface area contributed by atoms with E-state index in [-0.39, 0.29) is 0 Å². The molecule has 13 heavy (non-hydrogen) atoms. The molecule has 1 aromatic carbocycles. The van der Waals surface area contributed by atoms with Crippen LogP contribution in [-0.2, 0) is 12.8 Å². The number of aromatic nitrogens is 1. The lowest BCUT2D eigenvalue weighted by Crippen LogP contribution is -1.81. The van der Waals surface area contributed by atoms with E-state index < -0.39 is 0 Å². The van der Waals surface area contributed by atoms with Gasteiger partial charge >= 0.3 is 0 Å². The topological polar surface area (TPSA) is 12.9 Å². The van der Waals surface area contributed by atoms with E-state index in [2.05, 4.69) is 24.0 Å². The van der Waals surface area contributed by atoms with E-state index in [1.807, 2.05) is 11.3 Å². The van der Waals surface area contributed by atoms with E-state index in [0.29, 0.717) is 0 Å². The molecule has 0 amide bonds. The van der Waals surface area contributed by atoms with Crippen LogP contribution in [0.25, 0.3) is 10.2 Å². The Morgan fingerprint density at radius 3 is 3.15 bits per heavy atom. The average molecular weight is 189 g/mol. The minimum atomic E-state index is 1.19. The fraction of sp³-hybridized carbons (Fsp3) is 0.364. The van der Waals surface area contributed by atoms with E-state index >= 15 is 0 Å². The molecule has 0 bridgehead atoms. The Kier molecular flexibility index (Phi) is 1.47. The molecule has 1 aliphatic carbocycles. The van der Waals surface area contributed by atoms with Crippen LogP contribution in [0.2, 0.25) is 0 Å². The summed E-state index contributed by atoms with van der Waals surface area (Å²) in [6, 6.07) is 4.42. The van der Waals surface area contributed by atoms with Crippen LogP contribution in [0.4, 0.5) is 0 Å². The highest BCUT2D eigenvalue weighted by atomic mass is 32.1. The van der Waals surface area contributed by atoms with Crippen LogP contribution in [0.3, 0.4) is 0 Å². The second-order valence-electron chi connectivity index (χ2n) is 3.64. The third-order valence-electron chi connectivity index (χ3n) is 2.74. The largest absolute Gasteiger partial charge is 0.242 e. The Labute approximate surface area is 81.4 Å². The zero-order valence-corrected chi connectivity index (χ0v) is 8.45. The van der Waals surface area contributed by atoms with Gasteiger partial charge in [-0.2, -0.15) is 0 Å². The fourth-order valence-corrected chi connectivity index (χ4v) is 3.18. The van der Waals surface area contributed by atoms with Gasteiger partial charge in [0.2, 0.25) is 0 Å². The summed E-state index contributed by atoms with van der Waals surface area (Å²) in [5.41, 5.74) is 4.32. The molecule has 0 aliphatic heterocycles. The van der Waals surface area contributed by atoms with Gasteiger partial charge in [-0.1, -0.05) is 6.07 Å². The fourth-order valence-electron chi connectivity index (χ4n) is 2.16. The summed E-state index contributed by atoms with van der Waals surface area (Å²) in [6.07, 6.45) is 3.85. The summed E-state index contributed by atoms with van der Waals surface area (Å²) in [5, 5.41) is 1.19. The molecule has 0 saturated carbocycles. The third-order valence-corrected chi connectivity index (χ3v) is 3.78. The number of hydrogen-bond donors (Lipinski definition) is 0. The Hall–Kier alpha value is -0.890. The summed E-state index contributed by atoms with van der Waals surface area (Å²) >= 11 is 1.85. The van der Waals surface area contributed by atoms with Gasteiger partial charge in [0.25, 0.3) is 0 Å². The Morgan fingerprint density at radius 2 is 2.23 bits per heavy atom. The maximum Gasteiger partial charge on any atom is 0.0907 e. The number of benzene rings is 1. The van der Waals surface area contributed by atoms with Crippen molar-refractivity contribution in [2.45, 2.75) is 26.2 Å². The molecule has 0 radical (unpaired) electrons. The van der Waals surface area contributed by atoms with Crippen molar-refractivity contribution in [3.8, 4) is 0 Å². The van der Waals surface area contributed by atoms with Crippen molar-refractivity contribution in [3.63, 3.8) is 0 Å². The molecule has 3 rings (SSSR count). The maximum atomic E-state index is 4.51. The minimum absolute atomic E-state index is 1.19. The molecule has 1 nitrogen and oxygen atoms in total. The zero-order valence-electron chi connectivity index (χ0n) is 7.63. The number of aryl methyl sites for hydroxylation is 3. The molecule has 0 fully saturated rings. The second kappa shape index (κ2) is 2.55. The van der Waals surface area contributed by atoms with Gasteiger partial charge < -0.3 is 0 Å². The van der Waals surface area contributed by atoms with Gasteiger partial charge in [-0.25, -0.2) is 4.98 Å². The van der Waals surface area contributed by atoms with Crippen molar-refractivity contribution in [2.75, 3.05) is 0 Å². The molecule has 2 heteroatoms. The average Bonchev–Trinajstić information content (AvgIpc) is 2.65. The SMILES string of the molecule is Cc1nc2ccc3c(c2s1)CCC3. The Bertz CT molecular complexity index is 470. The number of nitrogens with zero attached hydrogens (tertiary/aromatic N) is 1. The predicted octanol–water partition coefficient (Wildman–Crippen LogP) is 3.09. The van der Waals surface area contributed by atoms with E-state index in [1.165, 1.54) is 34.5 Å². The monoisotopic (exact) mass is 189 g/mol. The summed E-state index contributed by atoms with van der Waals surface area (Å²) in [4.78, 5) is 4.51. The molecule has 1 aliphatic rings. The van der Waals surface area contributed by atoms with Crippen molar-refractivity contribution in [2.24, 2.45) is 0 Å². The van der Waals surface area contributed by atoms with E-state index in [9.17, 15) is 0 Å². The third kappa shape index (κ3) is 1.02. The number of fused-ring (bicyclic) bond motifs is 3. The molecule has 1 aromatic heterocycles. The van der Waals surface area contributed by atoms with Crippen molar-refractivity contribution >= 4 is 21.6 Å². The van der Waals surface area contributed by atoms with Gasteiger partial charge in [-0.3, -0.25) is 0 Å². The van der Waals surface area contributed by atoms with Gasteiger partial charge in [0.05, 0.1) is 15.2 Å². The summed E-state index contributed by atoms with van der Waals surface area (Å²) in [7, 11) is 0. The summed E-state index contributed by atoms with van der Waals surface area (Å²) < 4.78 is 1.44. The smallest absolute Gasteiger partial charge is 0.0907 e. The number of hydrogen-bond acceptors (Lipinski definition) is 2. The highest BCUT2D eigenvalue weighted by Crippen LogP contribution is 2.33. The molecule has 1 heterocycles. The van der Waals surface area contributed by atoms with Gasteiger partial charge in [0, 0.05) is 0 Å². The van der Waals surface area contributed by atoms with Crippen LogP contribution in [-0.4, -0.2) is 4.98 Å². The number of rotatable bonds is 0. The molecule has 0 unspecified atom stereocenters. The maximum absolute atomic E-state index is 4.51. The molecule has 0 saturated heterocycles.